The lowest BCUT2D eigenvalue weighted by Gasteiger charge is -2.33. The quantitative estimate of drug-likeness (QED) is 0.707. The van der Waals surface area contributed by atoms with Crippen molar-refractivity contribution in [3.63, 3.8) is 0 Å². The number of aromatic amines is 1. The predicted molar refractivity (Wildman–Crippen MR) is 107 cm³/mol. The summed E-state index contributed by atoms with van der Waals surface area (Å²) in [5, 5.41) is 6.91. The van der Waals surface area contributed by atoms with Gasteiger partial charge in [0, 0.05) is 32.2 Å². The van der Waals surface area contributed by atoms with Gasteiger partial charge in [-0.05, 0) is 38.1 Å². The molecule has 29 heavy (non-hydrogen) atoms. The molecule has 1 fully saturated rings. The number of hydrogen-bond acceptors (Lipinski definition) is 5. The molecule has 0 spiro atoms. The largest absolute Gasteiger partial charge is 0.460 e. The van der Waals surface area contributed by atoms with Crippen molar-refractivity contribution in [2.45, 2.75) is 18.7 Å². The summed E-state index contributed by atoms with van der Waals surface area (Å²) in [7, 11) is -3.56. The van der Waals surface area contributed by atoms with Crippen molar-refractivity contribution >= 4 is 15.9 Å². The molecule has 1 N–H and O–H groups in total. The highest BCUT2D eigenvalue weighted by Gasteiger charge is 2.31. The van der Waals surface area contributed by atoms with Crippen LogP contribution in [0.2, 0.25) is 0 Å². The highest BCUT2D eigenvalue weighted by atomic mass is 32.2. The van der Waals surface area contributed by atoms with Gasteiger partial charge in [-0.25, -0.2) is 8.42 Å². The van der Waals surface area contributed by atoms with Gasteiger partial charge in [-0.2, -0.15) is 9.40 Å². The number of carbonyl (C=O) groups is 1. The lowest BCUT2D eigenvalue weighted by Crippen LogP contribution is -2.50. The second kappa shape index (κ2) is 7.49. The van der Waals surface area contributed by atoms with Crippen LogP contribution in [-0.4, -0.2) is 59.9 Å². The molecule has 0 saturated carbocycles. The molecule has 1 aliphatic rings. The third-order valence-electron chi connectivity index (χ3n) is 4.99. The first kappa shape index (κ1) is 19.4. The van der Waals surface area contributed by atoms with Crippen LogP contribution in [0.5, 0.6) is 0 Å². The minimum absolute atomic E-state index is 0.233. The number of H-pyrrole nitrogens is 1. The zero-order valence-electron chi connectivity index (χ0n) is 16.3. The van der Waals surface area contributed by atoms with Crippen molar-refractivity contribution in [2.75, 3.05) is 26.2 Å². The number of piperazine rings is 1. The number of aryl methyl sites for hydroxylation is 2. The Labute approximate surface area is 169 Å². The number of furan rings is 1. The molecule has 152 valence electrons. The zero-order valence-corrected chi connectivity index (χ0v) is 17.1. The number of sulfonamides is 1. The van der Waals surface area contributed by atoms with Crippen LogP contribution in [0.25, 0.3) is 11.5 Å². The van der Waals surface area contributed by atoms with Gasteiger partial charge in [0.1, 0.15) is 11.5 Å². The van der Waals surface area contributed by atoms with Crippen molar-refractivity contribution in [3.8, 4) is 11.5 Å². The van der Waals surface area contributed by atoms with Crippen LogP contribution in [0.1, 0.15) is 21.8 Å². The highest BCUT2D eigenvalue weighted by Crippen LogP contribution is 2.22. The Bertz CT molecular complexity index is 1120. The number of rotatable bonds is 4. The van der Waals surface area contributed by atoms with Crippen molar-refractivity contribution in [2.24, 2.45) is 0 Å². The molecule has 0 radical (unpaired) electrons. The van der Waals surface area contributed by atoms with E-state index in [1.807, 2.05) is 26.0 Å². The molecular formula is C20H22N4O4S. The SMILES string of the molecule is Cc1ccc(S(=O)(=O)N2CCN(C(=O)c3cc(-c4ccc(C)o4)[nH]n3)CC2)cc1. The van der Waals surface area contributed by atoms with E-state index in [2.05, 4.69) is 10.2 Å². The van der Waals surface area contributed by atoms with E-state index in [1.54, 1.807) is 35.2 Å². The number of hydrogen-bond donors (Lipinski definition) is 1. The fraction of sp³-hybridized carbons (Fsp3) is 0.300. The summed E-state index contributed by atoms with van der Waals surface area (Å²) in [4.78, 5) is 14.6. The molecule has 0 bridgehead atoms. The highest BCUT2D eigenvalue weighted by molar-refractivity contribution is 7.89. The second-order valence-electron chi connectivity index (χ2n) is 7.09. The van der Waals surface area contributed by atoms with E-state index in [4.69, 9.17) is 4.42 Å². The molecule has 3 heterocycles. The second-order valence-corrected chi connectivity index (χ2v) is 9.02. The maximum Gasteiger partial charge on any atom is 0.274 e. The fourth-order valence-electron chi connectivity index (χ4n) is 3.29. The van der Waals surface area contributed by atoms with Gasteiger partial charge >= 0.3 is 0 Å². The summed E-state index contributed by atoms with van der Waals surface area (Å²) in [6.45, 7) is 4.87. The molecule has 0 unspecified atom stereocenters. The molecule has 2 aromatic heterocycles. The van der Waals surface area contributed by atoms with E-state index >= 15 is 0 Å². The molecule has 4 rings (SSSR count). The van der Waals surface area contributed by atoms with E-state index in [9.17, 15) is 13.2 Å². The first-order chi connectivity index (χ1) is 13.8. The van der Waals surface area contributed by atoms with Gasteiger partial charge in [-0.15, -0.1) is 0 Å². The first-order valence-corrected chi connectivity index (χ1v) is 10.8. The van der Waals surface area contributed by atoms with Crippen LogP contribution < -0.4 is 0 Å². The van der Waals surface area contributed by atoms with E-state index in [0.717, 1.165) is 11.3 Å². The van der Waals surface area contributed by atoms with Crippen LogP contribution in [0, 0.1) is 13.8 Å². The third-order valence-corrected chi connectivity index (χ3v) is 6.90. The number of nitrogens with one attached hydrogen (secondary N) is 1. The summed E-state index contributed by atoms with van der Waals surface area (Å²) in [6, 6.07) is 12.1. The Balaban J connectivity index is 1.42. The van der Waals surface area contributed by atoms with Gasteiger partial charge < -0.3 is 9.32 Å². The van der Waals surface area contributed by atoms with Crippen molar-refractivity contribution in [3.05, 3.63) is 59.5 Å². The van der Waals surface area contributed by atoms with Crippen molar-refractivity contribution in [1.82, 2.24) is 19.4 Å². The predicted octanol–water partition coefficient (Wildman–Crippen LogP) is 2.43. The summed E-state index contributed by atoms with van der Waals surface area (Å²) in [6.07, 6.45) is 0. The number of amides is 1. The zero-order chi connectivity index (χ0) is 20.6. The van der Waals surface area contributed by atoms with Crippen LogP contribution in [-0.2, 0) is 10.0 Å². The van der Waals surface area contributed by atoms with Gasteiger partial charge in [0.25, 0.3) is 5.91 Å². The van der Waals surface area contributed by atoms with Crippen molar-refractivity contribution in [1.29, 1.82) is 0 Å². The molecule has 9 heteroatoms. The molecule has 1 saturated heterocycles. The molecule has 0 atom stereocenters. The monoisotopic (exact) mass is 414 g/mol. The normalized spacial score (nSPS) is 15.6. The minimum atomic E-state index is -3.56. The number of benzene rings is 1. The van der Waals surface area contributed by atoms with Gasteiger partial charge in [0.15, 0.2) is 11.5 Å². The maximum atomic E-state index is 12.8. The first-order valence-electron chi connectivity index (χ1n) is 9.33. The lowest BCUT2D eigenvalue weighted by molar-refractivity contribution is 0.0692. The number of carbonyl (C=O) groups excluding carboxylic acids is 1. The van der Waals surface area contributed by atoms with Crippen LogP contribution in [0.15, 0.2) is 51.8 Å². The van der Waals surface area contributed by atoms with Gasteiger partial charge in [-0.3, -0.25) is 9.89 Å². The molecule has 1 aromatic carbocycles. The molecule has 1 amide bonds. The molecule has 0 aliphatic carbocycles. The topological polar surface area (TPSA) is 99.5 Å². The summed E-state index contributed by atoms with van der Waals surface area (Å²) >= 11 is 0. The Morgan fingerprint density at radius 1 is 1.03 bits per heavy atom. The van der Waals surface area contributed by atoms with E-state index in [0.29, 0.717) is 24.5 Å². The molecular weight excluding hydrogens is 392 g/mol. The van der Waals surface area contributed by atoms with E-state index in [1.165, 1.54) is 4.31 Å². The Morgan fingerprint density at radius 2 is 1.72 bits per heavy atom. The van der Waals surface area contributed by atoms with Crippen LogP contribution >= 0.6 is 0 Å². The minimum Gasteiger partial charge on any atom is -0.460 e. The fourth-order valence-corrected chi connectivity index (χ4v) is 4.71. The molecule has 1 aliphatic heterocycles. The summed E-state index contributed by atoms with van der Waals surface area (Å²) in [5.41, 5.74) is 1.91. The maximum absolute atomic E-state index is 12.8. The van der Waals surface area contributed by atoms with Gasteiger partial charge in [-0.1, -0.05) is 17.7 Å². The average Bonchev–Trinajstić information content (AvgIpc) is 3.37. The smallest absolute Gasteiger partial charge is 0.274 e. The van der Waals surface area contributed by atoms with Gasteiger partial charge in [0.05, 0.1) is 4.90 Å². The molecule has 8 nitrogen and oxygen atoms in total. The lowest BCUT2D eigenvalue weighted by atomic mass is 10.2. The van der Waals surface area contributed by atoms with E-state index < -0.39 is 10.0 Å². The Kier molecular flexibility index (Phi) is 5.01. The summed E-state index contributed by atoms with van der Waals surface area (Å²) in [5.74, 6) is 1.15. The van der Waals surface area contributed by atoms with Crippen LogP contribution in [0.4, 0.5) is 0 Å². The van der Waals surface area contributed by atoms with E-state index in [-0.39, 0.29) is 29.6 Å². The number of nitrogens with zero attached hydrogens (tertiary/aromatic N) is 3. The summed E-state index contributed by atoms with van der Waals surface area (Å²) < 4.78 is 32.6. The van der Waals surface area contributed by atoms with Gasteiger partial charge in [0.2, 0.25) is 10.0 Å². The average molecular weight is 414 g/mol. The van der Waals surface area contributed by atoms with Crippen molar-refractivity contribution < 1.29 is 17.6 Å². The van der Waals surface area contributed by atoms with Crippen LogP contribution in [0.3, 0.4) is 0 Å². The Hall–Kier alpha value is -2.91. The Morgan fingerprint density at radius 3 is 2.34 bits per heavy atom. The third kappa shape index (κ3) is 3.83. The molecule has 3 aromatic rings. The standard InChI is InChI=1S/C20H22N4O4S/c1-14-3-6-16(7-4-14)29(26,27)24-11-9-23(10-12-24)20(25)18-13-17(21-22-18)19-8-5-15(2)28-19/h3-8,13H,9-12H2,1-2H3,(H,21,22). The number of aromatic nitrogens is 2.